The van der Waals surface area contributed by atoms with Crippen molar-refractivity contribution in [3.8, 4) is 0 Å². The van der Waals surface area contributed by atoms with E-state index in [1.807, 2.05) is 50.4 Å². The van der Waals surface area contributed by atoms with Crippen molar-refractivity contribution in [1.82, 2.24) is 19.8 Å². The molecule has 2 N–H and O–H groups in total. The largest absolute Gasteiger partial charge is 0.401 e. The van der Waals surface area contributed by atoms with Gasteiger partial charge in [0.25, 0.3) is 11.5 Å². The second kappa shape index (κ2) is 10.7. The molecular weight excluding hydrogens is 525 g/mol. The number of hydrogen-bond donors (Lipinski definition) is 2. The number of H-pyrrole nitrogens is 1. The molecule has 1 aliphatic heterocycles. The average molecular weight is 561 g/mol. The van der Waals surface area contributed by atoms with E-state index in [1.165, 1.54) is 11.8 Å². The number of nitrogens with one attached hydrogen (secondary N) is 2. The Morgan fingerprint density at radius 3 is 2.49 bits per heavy atom. The number of benzene rings is 1. The van der Waals surface area contributed by atoms with Gasteiger partial charge >= 0.3 is 6.18 Å². The van der Waals surface area contributed by atoms with Gasteiger partial charge in [-0.25, -0.2) is 0 Å². The zero-order chi connectivity index (χ0) is 28.1. The first-order chi connectivity index (χ1) is 18.5. The number of carbonyl (C=O) groups is 1. The molecule has 0 radical (unpaired) electrons. The summed E-state index contributed by atoms with van der Waals surface area (Å²) in [4.78, 5) is 31.3. The second-order valence-electron chi connectivity index (χ2n) is 11.2. The summed E-state index contributed by atoms with van der Waals surface area (Å²) < 4.78 is 40.9. The number of carbonyl (C=O) groups excluding carboxylic acids is 1. The Morgan fingerprint density at radius 1 is 1.18 bits per heavy atom. The average Bonchev–Trinajstić information content (AvgIpc) is 3.50. The number of pyridine rings is 1. The fourth-order valence-corrected chi connectivity index (χ4v) is 7.63. The van der Waals surface area contributed by atoms with Gasteiger partial charge in [0.2, 0.25) is 0 Å². The summed E-state index contributed by atoms with van der Waals surface area (Å²) in [5, 5.41) is 3.84. The molecule has 1 aliphatic carbocycles. The molecule has 1 aromatic carbocycles. The number of amides is 1. The SMILES string of the molecule is CSc1cc(C)[nH]c(=O)c1CNC(=O)c1c(C)n([C@H](C)C2CC3CN(CC(F)(F)F)CC3C2)c2ccccc12. The standard InChI is InChI=1S/C29H35F3N4O2S/c1-16-9-25(39-4)23(27(37)34-16)12-33-28(38)26-18(3)36(24-8-6-5-7-22(24)26)17(2)19-10-20-13-35(14-21(20)11-19)15-29(30,31)32/h5-9,17,19-21H,10-15H2,1-4H3,(H,33,38)(H,34,37)/t17-,19?,20?,21?/m1/s1. The first-order valence-electron chi connectivity index (χ1n) is 13.4. The number of aromatic nitrogens is 2. The van der Waals surface area contributed by atoms with Crippen LogP contribution in [0.1, 0.15) is 53.1 Å². The van der Waals surface area contributed by atoms with Crippen molar-refractivity contribution in [2.45, 2.75) is 57.3 Å². The molecule has 2 aromatic heterocycles. The normalized spacial score (nSPS) is 22.4. The number of rotatable bonds is 7. The first kappa shape index (κ1) is 27.8. The van der Waals surface area contributed by atoms with E-state index < -0.39 is 12.7 Å². The number of nitrogens with zero attached hydrogens (tertiary/aromatic N) is 2. The van der Waals surface area contributed by atoms with Gasteiger partial charge in [0.05, 0.1) is 12.1 Å². The Kier molecular flexibility index (Phi) is 7.63. The third kappa shape index (κ3) is 5.50. The number of likely N-dealkylation sites (tertiary alicyclic amines) is 1. The first-order valence-corrected chi connectivity index (χ1v) is 14.6. The number of aryl methyl sites for hydroxylation is 1. The molecule has 39 heavy (non-hydrogen) atoms. The Balaban J connectivity index is 1.37. The van der Waals surface area contributed by atoms with E-state index in [2.05, 4.69) is 21.8 Å². The lowest BCUT2D eigenvalue weighted by Gasteiger charge is -2.26. The highest BCUT2D eigenvalue weighted by Crippen LogP contribution is 2.47. The van der Waals surface area contributed by atoms with Crippen LogP contribution in [0.15, 0.2) is 40.0 Å². The van der Waals surface area contributed by atoms with Crippen LogP contribution in [0, 0.1) is 31.6 Å². The van der Waals surface area contributed by atoms with Crippen molar-refractivity contribution in [2.24, 2.45) is 17.8 Å². The van der Waals surface area contributed by atoms with Crippen molar-refractivity contribution >= 4 is 28.6 Å². The summed E-state index contributed by atoms with van der Waals surface area (Å²) in [6.07, 6.45) is -0.472. The molecule has 5 rings (SSSR count). The molecule has 3 heterocycles. The maximum atomic E-state index is 13.6. The van der Waals surface area contributed by atoms with Crippen LogP contribution >= 0.6 is 11.8 Å². The van der Waals surface area contributed by atoms with Crippen LogP contribution in [-0.4, -0.2) is 52.4 Å². The van der Waals surface area contributed by atoms with Crippen molar-refractivity contribution < 1.29 is 18.0 Å². The molecule has 6 nitrogen and oxygen atoms in total. The number of aromatic amines is 1. The van der Waals surface area contributed by atoms with Crippen molar-refractivity contribution in [3.05, 3.63) is 63.2 Å². The van der Waals surface area contributed by atoms with Crippen LogP contribution in [-0.2, 0) is 6.54 Å². The van der Waals surface area contributed by atoms with Crippen LogP contribution < -0.4 is 10.9 Å². The monoisotopic (exact) mass is 560 g/mol. The zero-order valence-corrected chi connectivity index (χ0v) is 23.5. The van der Waals surface area contributed by atoms with Crippen LogP contribution in [0.5, 0.6) is 0 Å². The van der Waals surface area contributed by atoms with Crippen LogP contribution in [0.2, 0.25) is 0 Å². The van der Waals surface area contributed by atoms with Gasteiger partial charge in [0.15, 0.2) is 0 Å². The summed E-state index contributed by atoms with van der Waals surface area (Å²) in [7, 11) is 0. The minimum absolute atomic E-state index is 0.0983. The molecule has 0 spiro atoms. The summed E-state index contributed by atoms with van der Waals surface area (Å²) in [6, 6.07) is 9.85. The lowest BCUT2D eigenvalue weighted by Crippen LogP contribution is -2.33. The van der Waals surface area contributed by atoms with Gasteiger partial charge in [-0.3, -0.25) is 14.5 Å². The van der Waals surface area contributed by atoms with Crippen molar-refractivity contribution in [1.29, 1.82) is 0 Å². The van der Waals surface area contributed by atoms with E-state index >= 15 is 0 Å². The smallest absolute Gasteiger partial charge is 0.348 e. The van der Waals surface area contributed by atoms with Gasteiger partial charge in [-0.15, -0.1) is 11.8 Å². The number of fused-ring (bicyclic) bond motifs is 2. The molecule has 210 valence electrons. The highest BCUT2D eigenvalue weighted by Gasteiger charge is 2.45. The predicted octanol–water partition coefficient (Wildman–Crippen LogP) is 5.68. The van der Waals surface area contributed by atoms with Gasteiger partial charge in [-0.2, -0.15) is 13.2 Å². The topological polar surface area (TPSA) is 70.1 Å². The van der Waals surface area contributed by atoms with Crippen molar-refractivity contribution in [3.63, 3.8) is 0 Å². The van der Waals surface area contributed by atoms with Gasteiger partial charge in [-0.1, -0.05) is 18.2 Å². The predicted molar refractivity (Wildman–Crippen MR) is 148 cm³/mol. The van der Waals surface area contributed by atoms with E-state index in [4.69, 9.17) is 0 Å². The van der Waals surface area contributed by atoms with E-state index in [1.54, 1.807) is 4.90 Å². The molecule has 3 atom stereocenters. The Morgan fingerprint density at radius 2 is 1.85 bits per heavy atom. The highest BCUT2D eigenvalue weighted by molar-refractivity contribution is 7.98. The van der Waals surface area contributed by atoms with Crippen LogP contribution in [0.3, 0.4) is 0 Å². The van der Waals surface area contributed by atoms with Gasteiger partial charge < -0.3 is 14.9 Å². The third-order valence-electron chi connectivity index (χ3n) is 8.61. The molecule has 1 amide bonds. The highest BCUT2D eigenvalue weighted by atomic mass is 32.2. The quantitative estimate of drug-likeness (QED) is 0.365. The lowest BCUT2D eigenvalue weighted by atomic mass is 9.97. The lowest BCUT2D eigenvalue weighted by molar-refractivity contribution is -0.144. The maximum absolute atomic E-state index is 13.6. The summed E-state index contributed by atoms with van der Waals surface area (Å²) >= 11 is 1.47. The van der Waals surface area contributed by atoms with Crippen molar-refractivity contribution in [2.75, 3.05) is 25.9 Å². The number of thioether (sulfide) groups is 1. The Bertz CT molecular complexity index is 1430. The van der Waals surface area contributed by atoms with Crippen LogP contribution in [0.25, 0.3) is 10.9 Å². The van der Waals surface area contributed by atoms with Crippen LogP contribution in [0.4, 0.5) is 13.2 Å². The molecule has 1 saturated carbocycles. The molecule has 1 saturated heterocycles. The number of hydrogen-bond acceptors (Lipinski definition) is 4. The van der Waals surface area contributed by atoms with E-state index in [0.29, 0.717) is 30.1 Å². The molecule has 10 heteroatoms. The Labute approximate surface area is 230 Å². The molecule has 2 unspecified atom stereocenters. The number of alkyl halides is 3. The molecular formula is C29H35F3N4O2S. The van der Waals surface area contributed by atoms with Gasteiger partial charge in [0, 0.05) is 58.4 Å². The minimum atomic E-state index is -4.16. The summed E-state index contributed by atoms with van der Waals surface area (Å²) in [5.41, 5.74) is 3.54. The third-order valence-corrected chi connectivity index (χ3v) is 9.42. The second-order valence-corrected chi connectivity index (χ2v) is 12.0. The molecule has 3 aromatic rings. The van der Waals surface area contributed by atoms with Gasteiger partial charge in [0.1, 0.15) is 0 Å². The van der Waals surface area contributed by atoms with E-state index in [0.717, 1.165) is 40.0 Å². The van der Waals surface area contributed by atoms with E-state index in [-0.39, 0.29) is 35.9 Å². The summed E-state index contributed by atoms with van der Waals surface area (Å²) in [6.45, 7) is 6.26. The Hall–Kier alpha value is -2.72. The zero-order valence-electron chi connectivity index (χ0n) is 22.7. The molecule has 2 fully saturated rings. The summed E-state index contributed by atoms with van der Waals surface area (Å²) in [5.74, 6) is 0.660. The molecule has 0 bridgehead atoms. The molecule has 2 aliphatic rings. The van der Waals surface area contributed by atoms with Gasteiger partial charge in [-0.05, 0) is 69.8 Å². The fourth-order valence-electron chi connectivity index (χ4n) is 6.93. The number of halogens is 3. The van der Waals surface area contributed by atoms with E-state index in [9.17, 15) is 22.8 Å². The number of para-hydroxylation sites is 1. The maximum Gasteiger partial charge on any atom is 0.401 e. The minimum Gasteiger partial charge on any atom is -0.348 e. The fraction of sp³-hybridized carbons (Fsp3) is 0.517.